The van der Waals surface area contributed by atoms with Gasteiger partial charge >= 0.3 is 5.97 Å². The predicted molar refractivity (Wildman–Crippen MR) is 109 cm³/mol. The number of nitriles is 1. The zero-order chi connectivity index (χ0) is 20.6. The standard InChI is InChI=1S/C21H30N4O3S/c22-8-14-2-13-3-16(13)25(14)18(26)17(24)20-4-11-1-12(5-20)7-21(6-11,10-20)28-19(27)15(23)9-29/h11-17,29H,1-7,9-10,23-24H2/t11?,12?,13-,14+,15+,16+,17-,20?,21?/m1/s1. The lowest BCUT2D eigenvalue weighted by Crippen LogP contribution is -2.66. The van der Waals surface area contributed by atoms with Gasteiger partial charge in [-0.05, 0) is 74.5 Å². The third-order valence-corrected chi connectivity index (χ3v) is 8.70. The first-order chi connectivity index (χ1) is 13.8. The summed E-state index contributed by atoms with van der Waals surface area (Å²) in [7, 11) is 0. The zero-order valence-corrected chi connectivity index (χ0v) is 17.5. The van der Waals surface area contributed by atoms with E-state index in [9.17, 15) is 14.9 Å². The van der Waals surface area contributed by atoms with Crippen molar-refractivity contribution in [2.24, 2.45) is 34.6 Å². The molecule has 5 aliphatic carbocycles. The third-order valence-electron chi connectivity index (χ3n) is 8.30. The number of hydrogen-bond acceptors (Lipinski definition) is 7. The highest BCUT2D eigenvalue weighted by Gasteiger charge is 2.64. The van der Waals surface area contributed by atoms with Crippen LogP contribution in [0.5, 0.6) is 0 Å². The summed E-state index contributed by atoms with van der Waals surface area (Å²) < 4.78 is 6.01. The van der Waals surface area contributed by atoms with Gasteiger partial charge in [-0.25, -0.2) is 0 Å². The van der Waals surface area contributed by atoms with Crippen LogP contribution >= 0.6 is 12.6 Å². The van der Waals surface area contributed by atoms with Gasteiger partial charge in [-0.15, -0.1) is 0 Å². The van der Waals surface area contributed by atoms with Crippen molar-refractivity contribution < 1.29 is 14.3 Å². The Morgan fingerprint density at radius 2 is 1.86 bits per heavy atom. The highest BCUT2D eigenvalue weighted by atomic mass is 32.1. The molecule has 0 aromatic carbocycles. The van der Waals surface area contributed by atoms with Crippen molar-refractivity contribution in [3.05, 3.63) is 0 Å². The molecule has 6 aliphatic rings. The van der Waals surface area contributed by atoms with Crippen LogP contribution in [0, 0.1) is 34.5 Å². The number of hydrogen-bond donors (Lipinski definition) is 3. The summed E-state index contributed by atoms with van der Waals surface area (Å²) in [6.07, 6.45) is 7.03. The van der Waals surface area contributed by atoms with E-state index in [1.807, 2.05) is 0 Å². The molecule has 0 aromatic rings. The topological polar surface area (TPSA) is 122 Å². The Bertz CT molecular complexity index is 768. The number of esters is 1. The van der Waals surface area contributed by atoms with Crippen molar-refractivity contribution in [1.29, 1.82) is 5.26 Å². The van der Waals surface area contributed by atoms with Crippen molar-refractivity contribution >= 4 is 24.5 Å². The third kappa shape index (κ3) is 3.00. The Morgan fingerprint density at radius 1 is 1.17 bits per heavy atom. The molecule has 7 atom stereocenters. The molecule has 4 bridgehead atoms. The van der Waals surface area contributed by atoms with Gasteiger partial charge in [0, 0.05) is 11.8 Å². The number of piperidine rings is 1. The van der Waals surface area contributed by atoms with Crippen molar-refractivity contribution in [3.63, 3.8) is 0 Å². The second-order valence-corrected chi connectivity index (χ2v) is 10.7. The molecule has 6 rings (SSSR count). The molecule has 0 spiro atoms. The van der Waals surface area contributed by atoms with Crippen LogP contribution < -0.4 is 11.5 Å². The van der Waals surface area contributed by atoms with Crippen LogP contribution in [0.2, 0.25) is 0 Å². The Labute approximate surface area is 176 Å². The summed E-state index contributed by atoms with van der Waals surface area (Å²) in [5.41, 5.74) is 11.6. The van der Waals surface area contributed by atoms with Crippen molar-refractivity contribution in [2.75, 3.05) is 5.75 Å². The van der Waals surface area contributed by atoms with Gasteiger partial charge in [0.25, 0.3) is 0 Å². The first kappa shape index (κ1) is 19.7. The number of nitrogens with two attached hydrogens (primary N) is 2. The van der Waals surface area contributed by atoms with Crippen molar-refractivity contribution in [2.45, 2.75) is 81.1 Å². The molecular weight excluding hydrogens is 388 g/mol. The summed E-state index contributed by atoms with van der Waals surface area (Å²) >= 11 is 4.12. The molecule has 6 fully saturated rings. The van der Waals surface area contributed by atoms with E-state index in [0.29, 0.717) is 24.2 Å². The Balaban J connectivity index is 1.39. The van der Waals surface area contributed by atoms with Gasteiger partial charge in [0.05, 0.1) is 12.1 Å². The highest BCUT2D eigenvalue weighted by Crippen LogP contribution is 2.64. The number of rotatable bonds is 5. The molecule has 1 aliphatic heterocycles. The van der Waals surface area contributed by atoms with Crippen LogP contribution in [0.1, 0.15) is 51.4 Å². The smallest absolute Gasteiger partial charge is 0.324 e. The second kappa shape index (κ2) is 6.60. The molecule has 8 heteroatoms. The number of carbonyl (C=O) groups excluding carboxylic acids is 2. The molecule has 29 heavy (non-hydrogen) atoms. The van der Waals surface area contributed by atoms with E-state index in [1.54, 1.807) is 4.90 Å². The lowest BCUT2D eigenvalue weighted by Gasteiger charge is -2.62. The van der Waals surface area contributed by atoms with Gasteiger partial charge in [0.15, 0.2) is 0 Å². The van der Waals surface area contributed by atoms with E-state index >= 15 is 0 Å². The number of nitrogens with zero attached hydrogens (tertiary/aromatic N) is 2. The SMILES string of the molecule is N#C[C@@H]1C[C@@H]2C[C@@H]2N1C(=O)[C@@H](N)C12CC3CC(CC(OC(=O)[C@@H](N)CS)(C3)C1)C2. The van der Waals surface area contributed by atoms with E-state index < -0.39 is 23.7 Å². The minimum Gasteiger partial charge on any atom is -0.458 e. The Morgan fingerprint density at radius 3 is 2.48 bits per heavy atom. The quantitative estimate of drug-likeness (QED) is 0.452. The minimum absolute atomic E-state index is 0.0722. The second-order valence-electron chi connectivity index (χ2n) is 10.4. The van der Waals surface area contributed by atoms with E-state index in [0.717, 1.165) is 44.9 Å². The minimum atomic E-state index is -0.731. The lowest BCUT2D eigenvalue weighted by molar-refractivity contribution is -0.206. The van der Waals surface area contributed by atoms with Crippen LogP contribution in [0.15, 0.2) is 0 Å². The molecule has 158 valence electrons. The number of fused-ring (bicyclic) bond motifs is 1. The number of amides is 1. The first-order valence-corrected chi connectivity index (χ1v) is 11.5. The molecular formula is C21H30N4O3S. The molecule has 2 unspecified atom stereocenters. The summed E-state index contributed by atoms with van der Waals surface area (Å²) in [5.74, 6) is 1.10. The van der Waals surface area contributed by atoms with E-state index in [-0.39, 0.29) is 29.2 Å². The maximum atomic E-state index is 13.5. The van der Waals surface area contributed by atoms with E-state index in [1.165, 1.54) is 0 Å². The average molecular weight is 419 g/mol. The molecule has 1 heterocycles. The van der Waals surface area contributed by atoms with Gasteiger partial charge in [-0.2, -0.15) is 17.9 Å². The summed E-state index contributed by atoms with van der Waals surface area (Å²) in [6, 6.07) is 0.786. The van der Waals surface area contributed by atoms with E-state index in [2.05, 4.69) is 18.7 Å². The fourth-order valence-electron chi connectivity index (χ4n) is 7.41. The number of carbonyl (C=O) groups is 2. The molecule has 1 amide bonds. The summed E-state index contributed by atoms with van der Waals surface area (Å²) in [5, 5.41) is 9.49. The fourth-order valence-corrected chi connectivity index (χ4v) is 7.56. The predicted octanol–water partition coefficient (Wildman–Crippen LogP) is 0.966. The number of likely N-dealkylation sites (tertiary alicyclic amines) is 1. The maximum absolute atomic E-state index is 13.5. The number of ether oxygens (including phenoxy) is 1. The Hall–Kier alpha value is -1.30. The molecule has 0 radical (unpaired) electrons. The largest absolute Gasteiger partial charge is 0.458 e. The molecule has 0 aromatic heterocycles. The molecule has 5 saturated carbocycles. The van der Waals surface area contributed by atoms with Crippen molar-refractivity contribution in [1.82, 2.24) is 4.90 Å². The van der Waals surface area contributed by atoms with Crippen LogP contribution in [0.4, 0.5) is 0 Å². The molecule has 1 saturated heterocycles. The fraction of sp³-hybridized carbons (Fsp3) is 0.857. The van der Waals surface area contributed by atoms with Crippen molar-refractivity contribution in [3.8, 4) is 6.07 Å². The van der Waals surface area contributed by atoms with Gasteiger partial charge in [-0.3, -0.25) is 9.59 Å². The Kier molecular flexibility index (Phi) is 4.47. The zero-order valence-electron chi connectivity index (χ0n) is 16.6. The summed E-state index contributed by atoms with van der Waals surface area (Å²) in [4.78, 5) is 27.7. The average Bonchev–Trinajstić information content (AvgIpc) is 3.34. The van der Waals surface area contributed by atoms with Gasteiger partial charge in [-0.1, -0.05) is 0 Å². The normalized spacial score (nSPS) is 46.0. The van der Waals surface area contributed by atoms with Crippen LogP contribution in [0.3, 0.4) is 0 Å². The first-order valence-electron chi connectivity index (χ1n) is 10.9. The summed E-state index contributed by atoms with van der Waals surface area (Å²) in [6.45, 7) is 0. The van der Waals surface area contributed by atoms with Gasteiger partial charge in [0.2, 0.25) is 5.91 Å². The molecule has 7 nitrogen and oxygen atoms in total. The number of thiol groups is 1. The van der Waals surface area contributed by atoms with Crippen LogP contribution in [-0.2, 0) is 14.3 Å². The monoisotopic (exact) mass is 418 g/mol. The maximum Gasteiger partial charge on any atom is 0.324 e. The highest BCUT2D eigenvalue weighted by molar-refractivity contribution is 7.80. The van der Waals surface area contributed by atoms with E-state index in [4.69, 9.17) is 16.2 Å². The van der Waals surface area contributed by atoms with Gasteiger partial charge < -0.3 is 21.1 Å². The van der Waals surface area contributed by atoms with Crippen LogP contribution in [-0.4, -0.2) is 52.3 Å². The lowest BCUT2D eigenvalue weighted by atomic mass is 9.46. The van der Waals surface area contributed by atoms with Crippen LogP contribution in [0.25, 0.3) is 0 Å². The molecule has 4 N–H and O–H groups in total. The van der Waals surface area contributed by atoms with Gasteiger partial charge in [0.1, 0.15) is 17.7 Å².